The minimum absolute atomic E-state index is 0.202. The van der Waals surface area contributed by atoms with Crippen LogP contribution < -0.4 is 10.7 Å². The number of para-hydroxylation sites is 1. The molecule has 0 unspecified atom stereocenters. The number of fused-ring (bicyclic) bond motifs is 1. The molecular formula is C19H14BrClN4O2. The zero-order valence-electron chi connectivity index (χ0n) is 13.9. The van der Waals surface area contributed by atoms with Crippen LogP contribution in [-0.4, -0.2) is 29.6 Å². The lowest BCUT2D eigenvalue weighted by Crippen LogP contribution is -2.34. The van der Waals surface area contributed by atoms with E-state index in [9.17, 15) is 9.59 Å². The van der Waals surface area contributed by atoms with Crippen LogP contribution in [0.5, 0.6) is 0 Å². The van der Waals surface area contributed by atoms with E-state index >= 15 is 0 Å². The number of hydrogen-bond donors (Lipinski definition) is 2. The van der Waals surface area contributed by atoms with E-state index in [4.69, 9.17) is 11.6 Å². The monoisotopic (exact) mass is 444 g/mol. The van der Waals surface area contributed by atoms with E-state index in [1.165, 1.54) is 6.21 Å². The molecule has 136 valence electrons. The Morgan fingerprint density at radius 2 is 1.96 bits per heavy atom. The first-order valence-electron chi connectivity index (χ1n) is 7.94. The average molecular weight is 446 g/mol. The fourth-order valence-corrected chi connectivity index (χ4v) is 2.90. The molecule has 2 N–H and O–H groups in total. The van der Waals surface area contributed by atoms with Gasteiger partial charge in [-0.2, -0.15) is 5.10 Å². The average Bonchev–Trinajstić information content (AvgIpc) is 2.66. The van der Waals surface area contributed by atoms with Gasteiger partial charge in [-0.15, -0.1) is 0 Å². The molecule has 2 aromatic carbocycles. The van der Waals surface area contributed by atoms with Crippen LogP contribution in [0.4, 0.5) is 0 Å². The number of nitrogens with zero attached hydrogens (tertiary/aromatic N) is 2. The highest BCUT2D eigenvalue weighted by molar-refractivity contribution is 9.10. The van der Waals surface area contributed by atoms with E-state index in [2.05, 4.69) is 36.8 Å². The summed E-state index contributed by atoms with van der Waals surface area (Å²) < 4.78 is 0.782. The summed E-state index contributed by atoms with van der Waals surface area (Å²) in [5.74, 6) is -0.809. The Morgan fingerprint density at radius 1 is 1.15 bits per heavy atom. The number of pyridine rings is 1. The van der Waals surface area contributed by atoms with Gasteiger partial charge in [-0.25, -0.2) is 10.4 Å². The van der Waals surface area contributed by atoms with Gasteiger partial charge in [0.1, 0.15) is 5.15 Å². The van der Waals surface area contributed by atoms with Crippen molar-refractivity contribution in [3.8, 4) is 0 Å². The summed E-state index contributed by atoms with van der Waals surface area (Å²) in [5, 5.41) is 7.59. The molecule has 0 fully saturated rings. The first-order valence-corrected chi connectivity index (χ1v) is 9.11. The largest absolute Gasteiger partial charge is 0.343 e. The number of hydrazone groups is 1. The second-order valence-electron chi connectivity index (χ2n) is 5.55. The van der Waals surface area contributed by atoms with Gasteiger partial charge in [0, 0.05) is 21.0 Å². The maximum absolute atomic E-state index is 12.0. The Morgan fingerprint density at radius 3 is 2.78 bits per heavy atom. The number of halogens is 2. The highest BCUT2D eigenvalue weighted by Gasteiger charge is 2.08. The van der Waals surface area contributed by atoms with Crippen molar-refractivity contribution >= 4 is 56.5 Å². The van der Waals surface area contributed by atoms with E-state index in [0.717, 1.165) is 15.4 Å². The summed E-state index contributed by atoms with van der Waals surface area (Å²) >= 11 is 9.42. The molecule has 1 heterocycles. The Labute approximate surface area is 168 Å². The maximum Gasteiger partial charge on any atom is 0.259 e. The third kappa shape index (κ3) is 5.12. The lowest BCUT2D eigenvalue weighted by molar-refractivity contribution is -0.120. The highest BCUT2D eigenvalue weighted by Crippen LogP contribution is 2.18. The van der Waals surface area contributed by atoms with E-state index in [1.807, 2.05) is 36.4 Å². The van der Waals surface area contributed by atoms with Crippen LogP contribution in [0.2, 0.25) is 5.15 Å². The summed E-state index contributed by atoms with van der Waals surface area (Å²) in [4.78, 5) is 28.1. The number of hydrogen-bond acceptors (Lipinski definition) is 4. The smallest absolute Gasteiger partial charge is 0.259 e. The third-order valence-electron chi connectivity index (χ3n) is 3.59. The van der Waals surface area contributed by atoms with Gasteiger partial charge < -0.3 is 5.32 Å². The topological polar surface area (TPSA) is 83.5 Å². The molecule has 0 spiro atoms. The van der Waals surface area contributed by atoms with Crippen molar-refractivity contribution in [3.63, 3.8) is 0 Å². The van der Waals surface area contributed by atoms with Crippen molar-refractivity contribution < 1.29 is 9.59 Å². The third-order valence-corrected chi connectivity index (χ3v) is 4.39. The lowest BCUT2D eigenvalue weighted by atomic mass is 10.2. The predicted octanol–water partition coefficient (Wildman–Crippen LogP) is 3.53. The second kappa shape index (κ2) is 8.75. The molecule has 0 bridgehead atoms. The van der Waals surface area contributed by atoms with Crippen molar-refractivity contribution in [3.05, 3.63) is 75.4 Å². The molecule has 0 aliphatic carbocycles. The van der Waals surface area contributed by atoms with Gasteiger partial charge in [0.15, 0.2) is 0 Å². The van der Waals surface area contributed by atoms with Crippen LogP contribution in [0.1, 0.15) is 15.9 Å². The number of benzene rings is 2. The van der Waals surface area contributed by atoms with Gasteiger partial charge in [0.25, 0.3) is 11.8 Å². The van der Waals surface area contributed by atoms with Gasteiger partial charge in [-0.1, -0.05) is 51.8 Å². The Balaban J connectivity index is 1.56. The molecule has 8 heteroatoms. The summed E-state index contributed by atoms with van der Waals surface area (Å²) in [6, 6.07) is 16.2. The number of aromatic nitrogens is 1. The molecule has 6 nitrogen and oxygen atoms in total. The molecule has 0 radical (unpaired) electrons. The van der Waals surface area contributed by atoms with E-state index < -0.39 is 5.91 Å². The van der Waals surface area contributed by atoms with Crippen LogP contribution in [0, 0.1) is 0 Å². The van der Waals surface area contributed by atoms with Crippen LogP contribution in [0.15, 0.2) is 64.2 Å². The molecule has 0 atom stereocenters. The molecular weight excluding hydrogens is 432 g/mol. The van der Waals surface area contributed by atoms with Crippen LogP contribution in [0.3, 0.4) is 0 Å². The summed E-state index contributed by atoms with van der Waals surface area (Å²) in [7, 11) is 0. The van der Waals surface area contributed by atoms with Crippen LogP contribution in [-0.2, 0) is 4.79 Å². The summed E-state index contributed by atoms with van der Waals surface area (Å²) in [6.07, 6.45) is 1.41. The maximum atomic E-state index is 12.0. The molecule has 3 aromatic rings. The Kier molecular flexibility index (Phi) is 6.16. The van der Waals surface area contributed by atoms with Gasteiger partial charge in [0.05, 0.1) is 18.3 Å². The fourth-order valence-electron chi connectivity index (χ4n) is 2.30. The summed E-state index contributed by atoms with van der Waals surface area (Å²) in [6.45, 7) is -0.202. The first-order chi connectivity index (χ1) is 13.0. The molecule has 3 rings (SSSR count). The van der Waals surface area contributed by atoms with Gasteiger partial charge in [-0.05, 0) is 30.3 Å². The molecule has 0 saturated carbocycles. The van der Waals surface area contributed by atoms with Crippen molar-refractivity contribution in [2.24, 2.45) is 5.10 Å². The standard InChI is InChI=1S/C19H14BrClN4O2/c20-15-6-3-5-13(9-15)19(27)22-11-17(26)25-23-10-14-8-12-4-1-2-7-16(12)24-18(14)21/h1-10H,11H2,(H,22,27)(H,25,26)/b23-10+. The SMILES string of the molecule is O=C(CNC(=O)c1cccc(Br)c1)N/N=C/c1cc2ccccc2nc1Cl. The van der Waals surface area contributed by atoms with Crippen molar-refractivity contribution in [2.45, 2.75) is 0 Å². The van der Waals surface area contributed by atoms with Crippen LogP contribution in [0.25, 0.3) is 10.9 Å². The second-order valence-corrected chi connectivity index (χ2v) is 6.82. The minimum atomic E-state index is -0.459. The van der Waals surface area contributed by atoms with Crippen molar-refractivity contribution in [1.82, 2.24) is 15.7 Å². The van der Waals surface area contributed by atoms with Gasteiger partial charge in [0.2, 0.25) is 0 Å². The molecule has 0 saturated heterocycles. The fraction of sp³-hybridized carbons (Fsp3) is 0.0526. The molecule has 2 amide bonds. The number of carbonyl (C=O) groups excluding carboxylic acids is 2. The Hall–Kier alpha value is -2.77. The zero-order valence-corrected chi connectivity index (χ0v) is 16.3. The quantitative estimate of drug-likeness (QED) is 0.358. The predicted molar refractivity (Wildman–Crippen MR) is 109 cm³/mol. The zero-order chi connectivity index (χ0) is 19.2. The Bertz CT molecular complexity index is 1040. The van der Waals surface area contributed by atoms with Gasteiger partial charge in [-0.3, -0.25) is 9.59 Å². The highest BCUT2D eigenvalue weighted by atomic mass is 79.9. The van der Waals surface area contributed by atoms with Gasteiger partial charge >= 0.3 is 0 Å². The number of amides is 2. The number of rotatable bonds is 5. The minimum Gasteiger partial charge on any atom is -0.343 e. The van der Waals surface area contributed by atoms with Crippen molar-refractivity contribution in [2.75, 3.05) is 6.54 Å². The van der Waals surface area contributed by atoms with Crippen LogP contribution >= 0.6 is 27.5 Å². The molecule has 1 aromatic heterocycles. The molecule has 0 aliphatic rings. The number of carbonyl (C=O) groups is 2. The summed E-state index contributed by atoms with van der Waals surface area (Å²) in [5.41, 5.74) is 4.15. The van der Waals surface area contributed by atoms with E-state index in [0.29, 0.717) is 11.1 Å². The normalized spacial score (nSPS) is 10.9. The molecule has 0 aliphatic heterocycles. The number of nitrogens with one attached hydrogen (secondary N) is 2. The van der Waals surface area contributed by atoms with Crippen molar-refractivity contribution in [1.29, 1.82) is 0 Å². The molecule has 27 heavy (non-hydrogen) atoms. The van der Waals surface area contributed by atoms with E-state index in [1.54, 1.807) is 18.2 Å². The van der Waals surface area contributed by atoms with E-state index in [-0.39, 0.29) is 17.6 Å². The first kappa shape index (κ1) is 19.0. The lowest BCUT2D eigenvalue weighted by Gasteiger charge is -2.05.